The summed E-state index contributed by atoms with van der Waals surface area (Å²) in [4.78, 5) is 18.2. The van der Waals surface area contributed by atoms with Crippen LogP contribution in [-0.2, 0) is 11.2 Å². The lowest BCUT2D eigenvalue weighted by Crippen LogP contribution is -2.44. The van der Waals surface area contributed by atoms with E-state index in [9.17, 15) is 4.79 Å². The third kappa shape index (κ3) is 3.01. The van der Waals surface area contributed by atoms with E-state index < -0.39 is 0 Å². The van der Waals surface area contributed by atoms with Gasteiger partial charge in [0, 0.05) is 28.2 Å². The zero-order chi connectivity index (χ0) is 17.4. The first kappa shape index (κ1) is 16.8. The fraction of sp³-hybridized carbons (Fsp3) is 0.550. The second-order valence-corrected chi connectivity index (χ2v) is 7.63. The Bertz CT molecular complexity index is 779. The molecule has 1 aromatic heterocycles. The average molecular weight is 361 g/mol. The van der Waals surface area contributed by atoms with Gasteiger partial charge in [0.2, 0.25) is 0 Å². The van der Waals surface area contributed by atoms with Crippen molar-refractivity contribution in [1.29, 1.82) is 0 Å². The molecule has 2 heterocycles. The van der Waals surface area contributed by atoms with E-state index in [1.165, 1.54) is 48.7 Å². The van der Waals surface area contributed by atoms with Crippen molar-refractivity contribution in [2.24, 2.45) is 5.92 Å². The predicted molar refractivity (Wildman–Crippen MR) is 100 cm³/mol. The number of amides is 1. The van der Waals surface area contributed by atoms with Gasteiger partial charge in [-0.05, 0) is 55.9 Å². The maximum Gasteiger partial charge on any atom is 0.410 e. The van der Waals surface area contributed by atoms with Crippen LogP contribution in [0, 0.1) is 5.92 Å². The summed E-state index contributed by atoms with van der Waals surface area (Å²) in [6.07, 6.45) is 6.82. The van der Waals surface area contributed by atoms with Gasteiger partial charge >= 0.3 is 6.09 Å². The molecule has 0 saturated heterocycles. The van der Waals surface area contributed by atoms with Crippen molar-refractivity contribution in [3.8, 4) is 0 Å². The van der Waals surface area contributed by atoms with Gasteiger partial charge in [-0.15, -0.1) is 0 Å². The minimum Gasteiger partial charge on any atom is -0.450 e. The molecule has 4 rings (SSSR count). The first-order valence-electron chi connectivity index (χ1n) is 9.42. The number of carbonyl (C=O) groups is 1. The first-order chi connectivity index (χ1) is 12.2. The van der Waals surface area contributed by atoms with Crippen molar-refractivity contribution >= 4 is 28.6 Å². The lowest BCUT2D eigenvalue weighted by Gasteiger charge is -2.41. The first-order valence-corrected chi connectivity index (χ1v) is 9.80. The third-order valence-electron chi connectivity index (χ3n) is 5.73. The number of nitrogens with one attached hydrogen (secondary N) is 1. The molecule has 1 atom stereocenters. The Kier molecular flexibility index (Phi) is 4.63. The number of nitrogens with zero attached hydrogens (tertiary/aromatic N) is 1. The lowest BCUT2D eigenvalue weighted by molar-refractivity contribution is 0.0619. The van der Waals surface area contributed by atoms with Crippen molar-refractivity contribution in [1.82, 2.24) is 9.88 Å². The molecule has 1 aromatic carbocycles. The molecule has 134 valence electrons. The van der Waals surface area contributed by atoms with Gasteiger partial charge in [0.05, 0.1) is 12.6 Å². The Morgan fingerprint density at radius 3 is 2.88 bits per heavy atom. The van der Waals surface area contributed by atoms with Crippen LogP contribution in [0.4, 0.5) is 4.79 Å². The number of aromatic nitrogens is 1. The molecule has 25 heavy (non-hydrogen) atoms. The van der Waals surface area contributed by atoms with Crippen molar-refractivity contribution in [2.75, 3.05) is 13.2 Å². The number of rotatable bonds is 2. The molecule has 4 nitrogen and oxygen atoms in total. The van der Waals surface area contributed by atoms with Crippen LogP contribution in [0.15, 0.2) is 18.2 Å². The molecule has 0 radical (unpaired) electrons. The molecule has 0 spiro atoms. The molecule has 2 aromatic rings. The van der Waals surface area contributed by atoms with Crippen LogP contribution in [0.1, 0.15) is 56.3 Å². The fourth-order valence-corrected chi connectivity index (χ4v) is 4.81. The highest BCUT2D eigenvalue weighted by Crippen LogP contribution is 2.44. The van der Waals surface area contributed by atoms with E-state index in [-0.39, 0.29) is 12.1 Å². The quantitative estimate of drug-likeness (QED) is 0.773. The van der Waals surface area contributed by atoms with E-state index in [0.717, 1.165) is 17.0 Å². The molecular formula is C20H25ClN2O2. The molecule has 2 aliphatic rings. The molecule has 1 aliphatic carbocycles. The Morgan fingerprint density at radius 1 is 1.32 bits per heavy atom. The van der Waals surface area contributed by atoms with E-state index in [0.29, 0.717) is 19.1 Å². The van der Waals surface area contributed by atoms with Gasteiger partial charge in [0.15, 0.2) is 0 Å². The molecule has 1 N–H and O–H groups in total. The number of halogens is 1. The number of H-pyrrole nitrogens is 1. The van der Waals surface area contributed by atoms with Crippen molar-refractivity contribution in [2.45, 2.75) is 51.5 Å². The number of hydrogen-bond donors (Lipinski definition) is 1. The number of benzene rings is 1. The fourth-order valence-electron chi connectivity index (χ4n) is 4.64. The van der Waals surface area contributed by atoms with E-state index in [4.69, 9.17) is 16.3 Å². The number of carbonyl (C=O) groups excluding carboxylic acids is 1. The van der Waals surface area contributed by atoms with Crippen molar-refractivity contribution < 1.29 is 9.53 Å². The van der Waals surface area contributed by atoms with E-state index in [1.54, 1.807) is 0 Å². The maximum atomic E-state index is 12.6. The Morgan fingerprint density at radius 2 is 2.12 bits per heavy atom. The number of ether oxygens (including phenoxy) is 1. The van der Waals surface area contributed by atoms with Crippen molar-refractivity contribution in [3.05, 3.63) is 34.5 Å². The minimum atomic E-state index is -0.180. The Balaban J connectivity index is 1.79. The summed E-state index contributed by atoms with van der Waals surface area (Å²) < 4.78 is 5.36. The van der Waals surface area contributed by atoms with Crippen LogP contribution in [0.3, 0.4) is 0 Å². The van der Waals surface area contributed by atoms with Crippen molar-refractivity contribution in [3.63, 3.8) is 0 Å². The molecule has 1 fully saturated rings. The summed E-state index contributed by atoms with van der Waals surface area (Å²) in [6.45, 7) is 3.00. The minimum absolute atomic E-state index is 0.0919. The summed E-state index contributed by atoms with van der Waals surface area (Å²) in [6, 6.07) is 6.10. The number of hydrogen-bond acceptors (Lipinski definition) is 2. The van der Waals surface area contributed by atoms with Gasteiger partial charge in [-0.1, -0.05) is 30.9 Å². The van der Waals surface area contributed by atoms with Crippen LogP contribution in [0.25, 0.3) is 10.9 Å². The smallest absolute Gasteiger partial charge is 0.410 e. The summed E-state index contributed by atoms with van der Waals surface area (Å²) in [7, 11) is 0. The Labute approximate surface area is 153 Å². The SMILES string of the molecule is CCOC(=O)N1CCc2c([nH]c3ccc(Cl)cc23)C1C1CCCCC1. The van der Waals surface area contributed by atoms with Gasteiger partial charge in [0.1, 0.15) is 0 Å². The normalized spacial score (nSPS) is 21.4. The average Bonchev–Trinajstić information content (AvgIpc) is 2.99. The second kappa shape index (κ2) is 6.91. The summed E-state index contributed by atoms with van der Waals surface area (Å²) >= 11 is 6.23. The monoisotopic (exact) mass is 360 g/mol. The topological polar surface area (TPSA) is 45.3 Å². The number of aromatic amines is 1. The predicted octanol–water partition coefficient (Wildman–Crippen LogP) is 5.46. The Hall–Kier alpha value is -1.68. The zero-order valence-electron chi connectivity index (χ0n) is 14.7. The summed E-state index contributed by atoms with van der Waals surface area (Å²) in [5.74, 6) is 0.501. The molecule has 5 heteroatoms. The van der Waals surface area contributed by atoms with Crippen LogP contribution >= 0.6 is 11.6 Å². The van der Waals surface area contributed by atoms with Crippen LogP contribution < -0.4 is 0 Å². The number of fused-ring (bicyclic) bond motifs is 3. The van der Waals surface area contributed by atoms with E-state index in [2.05, 4.69) is 4.98 Å². The van der Waals surface area contributed by atoms with Gasteiger partial charge in [-0.25, -0.2) is 4.79 Å². The zero-order valence-corrected chi connectivity index (χ0v) is 15.4. The maximum absolute atomic E-state index is 12.6. The van der Waals surface area contributed by atoms with Gasteiger partial charge in [-0.2, -0.15) is 0 Å². The van der Waals surface area contributed by atoms with E-state index in [1.807, 2.05) is 30.0 Å². The highest BCUT2D eigenvalue weighted by molar-refractivity contribution is 6.31. The van der Waals surface area contributed by atoms with Crippen LogP contribution in [0.2, 0.25) is 5.02 Å². The van der Waals surface area contributed by atoms with Crippen LogP contribution in [-0.4, -0.2) is 29.1 Å². The molecule has 1 aliphatic heterocycles. The molecule has 1 amide bonds. The third-order valence-corrected chi connectivity index (χ3v) is 5.97. The van der Waals surface area contributed by atoms with Gasteiger partial charge < -0.3 is 9.72 Å². The molecule has 1 saturated carbocycles. The lowest BCUT2D eigenvalue weighted by atomic mass is 9.79. The molecule has 1 unspecified atom stereocenters. The molecular weight excluding hydrogens is 336 g/mol. The van der Waals surface area contributed by atoms with Gasteiger partial charge in [-0.3, -0.25) is 4.90 Å². The van der Waals surface area contributed by atoms with Gasteiger partial charge in [0.25, 0.3) is 0 Å². The van der Waals surface area contributed by atoms with Crippen LogP contribution in [0.5, 0.6) is 0 Å². The highest BCUT2D eigenvalue weighted by Gasteiger charge is 2.39. The second-order valence-electron chi connectivity index (χ2n) is 7.19. The molecule has 0 bridgehead atoms. The standard InChI is InChI=1S/C20H25ClN2O2/c1-2-25-20(24)23-11-10-15-16-12-14(21)8-9-17(16)22-18(15)19(23)13-6-4-3-5-7-13/h8-9,12-13,19,22H,2-7,10-11H2,1H3. The largest absolute Gasteiger partial charge is 0.450 e. The highest BCUT2D eigenvalue weighted by atomic mass is 35.5. The van der Waals surface area contributed by atoms with E-state index >= 15 is 0 Å². The summed E-state index contributed by atoms with van der Waals surface area (Å²) in [5.41, 5.74) is 3.64. The summed E-state index contributed by atoms with van der Waals surface area (Å²) in [5, 5.41) is 1.96.